The molecule has 0 heterocycles. The molecule has 0 aliphatic carbocycles. The molecule has 0 aliphatic rings. The Labute approximate surface area is 219 Å². The third-order valence-electron chi connectivity index (χ3n) is 4.55. The monoisotopic (exact) mass is 537 g/mol. The lowest BCUT2D eigenvalue weighted by Gasteiger charge is -2.20. The Kier molecular flexibility index (Phi) is 10.6. The molecular weight excluding hydrogens is 509 g/mol. The second-order valence-electron chi connectivity index (χ2n) is 8.62. The maximum Gasteiger partial charge on any atom is 0.408 e. The van der Waals surface area contributed by atoms with Crippen molar-refractivity contribution in [3.8, 4) is 11.1 Å². The Bertz CT molecular complexity index is 1080. The number of halogens is 2. The second-order valence-corrected chi connectivity index (χ2v) is 9.43. The fourth-order valence-corrected chi connectivity index (χ4v) is 3.66. The van der Waals surface area contributed by atoms with Crippen LogP contribution in [0.3, 0.4) is 0 Å². The summed E-state index contributed by atoms with van der Waals surface area (Å²) in [4.78, 5) is 49.2. The normalized spacial score (nSPS) is 11.7. The van der Waals surface area contributed by atoms with Crippen molar-refractivity contribution in [1.29, 1.82) is 0 Å². The van der Waals surface area contributed by atoms with E-state index in [1.54, 1.807) is 39.8 Å². The van der Waals surface area contributed by atoms with Gasteiger partial charge in [0.05, 0.1) is 28.8 Å². The summed E-state index contributed by atoms with van der Waals surface area (Å²) >= 11 is 12.7. The van der Waals surface area contributed by atoms with E-state index in [-0.39, 0.29) is 28.8 Å². The van der Waals surface area contributed by atoms with Gasteiger partial charge in [-0.15, -0.1) is 0 Å². The molecule has 0 radical (unpaired) electrons. The van der Waals surface area contributed by atoms with Gasteiger partial charge in [-0.05, 0) is 51.0 Å². The van der Waals surface area contributed by atoms with Crippen LogP contribution in [0.4, 0.5) is 4.79 Å². The molecule has 11 heteroatoms. The summed E-state index contributed by atoms with van der Waals surface area (Å²) < 4.78 is 10.1. The summed E-state index contributed by atoms with van der Waals surface area (Å²) in [5, 5.41) is 7.45. The number of carbonyl (C=O) groups excluding carboxylic acids is 4. The number of carbonyl (C=O) groups is 4. The number of benzene rings is 2. The third kappa shape index (κ3) is 9.05. The first-order valence-electron chi connectivity index (χ1n) is 11.2. The Morgan fingerprint density at radius 1 is 0.944 bits per heavy atom. The lowest BCUT2D eigenvalue weighted by atomic mass is 10.0. The van der Waals surface area contributed by atoms with Crippen LogP contribution in [0.5, 0.6) is 0 Å². The van der Waals surface area contributed by atoms with Crippen LogP contribution < -0.4 is 16.0 Å². The van der Waals surface area contributed by atoms with Crippen molar-refractivity contribution < 1.29 is 28.7 Å². The molecule has 0 fully saturated rings. The van der Waals surface area contributed by atoms with E-state index in [9.17, 15) is 19.2 Å². The zero-order valence-electron chi connectivity index (χ0n) is 20.4. The predicted octanol–water partition coefficient (Wildman–Crippen LogP) is 3.96. The van der Waals surface area contributed by atoms with Gasteiger partial charge in [0.2, 0.25) is 5.91 Å². The Morgan fingerprint density at radius 2 is 1.56 bits per heavy atom. The van der Waals surface area contributed by atoms with Gasteiger partial charge >= 0.3 is 12.1 Å². The summed E-state index contributed by atoms with van der Waals surface area (Å²) in [5.74, 6) is -2.09. The average molecular weight is 538 g/mol. The largest absolute Gasteiger partial charge is 0.464 e. The van der Waals surface area contributed by atoms with Crippen molar-refractivity contribution in [3.05, 3.63) is 58.1 Å². The van der Waals surface area contributed by atoms with Gasteiger partial charge in [-0.25, -0.2) is 9.59 Å². The van der Waals surface area contributed by atoms with Crippen LogP contribution in [0.1, 0.15) is 38.1 Å². The molecule has 3 amide bonds. The highest BCUT2D eigenvalue weighted by Crippen LogP contribution is 2.31. The van der Waals surface area contributed by atoms with Gasteiger partial charge < -0.3 is 25.4 Å². The number of esters is 1. The van der Waals surface area contributed by atoms with Gasteiger partial charge in [0.15, 0.2) is 0 Å². The molecule has 36 heavy (non-hydrogen) atoms. The minimum atomic E-state index is -1.23. The van der Waals surface area contributed by atoms with Gasteiger partial charge in [0.1, 0.15) is 11.6 Å². The number of amides is 3. The minimum absolute atomic E-state index is 0.0229. The number of hydrogen-bond acceptors (Lipinski definition) is 6. The van der Waals surface area contributed by atoms with E-state index in [0.29, 0.717) is 5.56 Å². The van der Waals surface area contributed by atoms with Crippen LogP contribution in [-0.4, -0.2) is 55.2 Å². The smallest absolute Gasteiger partial charge is 0.408 e. The SMILES string of the molecule is CCOC(=O)[C@H](CNC(=O)CNC(=O)OC(C)(C)C)NC(=O)c1c(Cl)cc(-c2ccccc2)cc1Cl. The Morgan fingerprint density at radius 3 is 2.11 bits per heavy atom. The predicted molar refractivity (Wildman–Crippen MR) is 137 cm³/mol. The highest BCUT2D eigenvalue weighted by atomic mass is 35.5. The standard InChI is InChI=1S/C25H29Cl2N3O6/c1-5-35-23(33)19(13-28-20(31)14-29-24(34)36-25(2,3)4)30-22(32)21-17(26)11-16(12-18(21)27)15-9-7-6-8-10-15/h6-12,19H,5,13-14H2,1-4H3,(H,28,31)(H,29,34)(H,30,32)/t19-/m0/s1. The molecule has 2 aromatic carbocycles. The van der Waals surface area contributed by atoms with Crippen molar-refractivity contribution in [2.24, 2.45) is 0 Å². The molecular formula is C25H29Cl2N3O6. The molecule has 0 bridgehead atoms. The van der Waals surface area contributed by atoms with Crippen LogP contribution in [-0.2, 0) is 19.1 Å². The number of hydrogen-bond donors (Lipinski definition) is 3. The van der Waals surface area contributed by atoms with Crippen LogP contribution >= 0.6 is 23.2 Å². The van der Waals surface area contributed by atoms with Crippen LogP contribution in [0.15, 0.2) is 42.5 Å². The van der Waals surface area contributed by atoms with Crippen LogP contribution in [0.25, 0.3) is 11.1 Å². The summed E-state index contributed by atoms with van der Waals surface area (Å²) in [7, 11) is 0. The van der Waals surface area contributed by atoms with Crippen LogP contribution in [0.2, 0.25) is 10.0 Å². The average Bonchev–Trinajstić information content (AvgIpc) is 2.79. The number of nitrogens with one attached hydrogen (secondary N) is 3. The van der Waals surface area contributed by atoms with Gasteiger partial charge in [-0.2, -0.15) is 0 Å². The first-order valence-corrected chi connectivity index (χ1v) is 11.9. The molecule has 0 aliphatic heterocycles. The first kappa shape index (κ1) is 28.9. The fraction of sp³-hybridized carbons (Fsp3) is 0.360. The topological polar surface area (TPSA) is 123 Å². The van der Waals surface area contributed by atoms with Crippen molar-refractivity contribution in [2.75, 3.05) is 19.7 Å². The highest BCUT2D eigenvalue weighted by molar-refractivity contribution is 6.40. The Hall–Kier alpha value is -3.30. The lowest BCUT2D eigenvalue weighted by molar-refractivity contribution is -0.145. The van der Waals surface area contributed by atoms with Crippen LogP contribution in [0, 0.1) is 0 Å². The zero-order chi connectivity index (χ0) is 26.9. The molecule has 3 N–H and O–H groups in total. The summed E-state index contributed by atoms with van der Waals surface area (Å²) in [6.07, 6.45) is -0.767. The lowest BCUT2D eigenvalue weighted by Crippen LogP contribution is -2.50. The molecule has 194 valence electrons. The number of rotatable bonds is 9. The van der Waals surface area contributed by atoms with Gasteiger partial charge in [-0.3, -0.25) is 9.59 Å². The fourth-order valence-electron chi connectivity index (χ4n) is 3.00. The van der Waals surface area contributed by atoms with Crippen molar-refractivity contribution in [3.63, 3.8) is 0 Å². The number of ether oxygens (including phenoxy) is 2. The maximum atomic E-state index is 13.0. The third-order valence-corrected chi connectivity index (χ3v) is 5.14. The quantitative estimate of drug-likeness (QED) is 0.416. The summed E-state index contributed by atoms with van der Waals surface area (Å²) in [6.45, 7) is 6.05. The second kappa shape index (κ2) is 13.1. The van der Waals surface area contributed by atoms with Crippen molar-refractivity contribution >= 4 is 47.1 Å². The van der Waals surface area contributed by atoms with E-state index < -0.39 is 42.1 Å². The Balaban J connectivity index is 2.07. The molecule has 2 aromatic rings. The maximum absolute atomic E-state index is 13.0. The molecule has 0 spiro atoms. The zero-order valence-corrected chi connectivity index (χ0v) is 22.0. The van der Waals surface area contributed by atoms with Gasteiger partial charge in [-0.1, -0.05) is 53.5 Å². The van der Waals surface area contributed by atoms with Gasteiger partial charge in [0.25, 0.3) is 5.91 Å². The van der Waals surface area contributed by atoms with Crippen molar-refractivity contribution in [1.82, 2.24) is 16.0 Å². The molecule has 0 aromatic heterocycles. The van der Waals surface area contributed by atoms with E-state index in [1.165, 1.54) is 0 Å². The summed E-state index contributed by atoms with van der Waals surface area (Å²) in [6, 6.07) is 11.3. The molecule has 1 atom stereocenters. The van der Waals surface area contributed by atoms with E-state index in [2.05, 4.69) is 16.0 Å². The van der Waals surface area contributed by atoms with E-state index >= 15 is 0 Å². The minimum Gasteiger partial charge on any atom is -0.464 e. The molecule has 9 nitrogen and oxygen atoms in total. The molecule has 0 unspecified atom stereocenters. The molecule has 2 rings (SSSR count). The van der Waals surface area contributed by atoms with E-state index in [1.807, 2.05) is 30.3 Å². The van der Waals surface area contributed by atoms with Gasteiger partial charge in [0, 0.05) is 6.54 Å². The van der Waals surface area contributed by atoms with E-state index in [4.69, 9.17) is 32.7 Å². The summed E-state index contributed by atoms with van der Waals surface area (Å²) in [5.41, 5.74) is 0.834. The molecule has 0 saturated carbocycles. The van der Waals surface area contributed by atoms with E-state index in [0.717, 1.165) is 5.56 Å². The highest BCUT2D eigenvalue weighted by Gasteiger charge is 2.26. The van der Waals surface area contributed by atoms with Crippen molar-refractivity contribution in [2.45, 2.75) is 39.3 Å². The molecule has 0 saturated heterocycles. The number of alkyl carbamates (subject to hydrolysis) is 1. The first-order chi connectivity index (χ1) is 16.9.